The number of hydrogen-bond acceptors (Lipinski definition) is 3. The Kier molecular flexibility index (Phi) is 5.17. The van der Waals surface area contributed by atoms with E-state index in [-0.39, 0.29) is 12.3 Å². The van der Waals surface area contributed by atoms with Gasteiger partial charge in [0.15, 0.2) is 0 Å². The molecule has 0 radical (unpaired) electrons. The van der Waals surface area contributed by atoms with Crippen molar-refractivity contribution in [3.8, 4) is 0 Å². The molecule has 2 rings (SSSR count). The molecule has 0 saturated carbocycles. The van der Waals surface area contributed by atoms with E-state index in [9.17, 15) is 18.0 Å². The van der Waals surface area contributed by atoms with Crippen LogP contribution in [0.3, 0.4) is 0 Å². The van der Waals surface area contributed by atoms with E-state index < -0.39 is 11.9 Å². The van der Waals surface area contributed by atoms with Gasteiger partial charge in [-0.05, 0) is 43.5 Å². The van der Waals surface area contributed by atoms with E-state index >= 15 is 0 Å². The second-order valence-corrected chi connectivity index (χ2v) is 5.22. The Morgan fingerprint density at radius 2 is 2.05 bits per heavy atom. The highest BCUT2D eigenvalue weighted by molar-refractivity contribution is 5.78. The summed E-state index contributed by atoms with van der Waals surface area (Å²) in [5.41, 5.74) is -0.466. The highest BCUT2D eigenvalue weighted by Crippen LogP contribution is 2.27. The minimum atomic E-state index is -4.45. The first kappa shape index (κ1) is 15.8. The maximum Gasteiger partial charge on any atom is 0.433 e. The topological polar surface area (TPSA) is 54.0 Å². The summed E-state index contributed by atoms with van der Waals surface area (Å²) < 4.78 is 37.1. The van der Waals surface area contributed by atoms with Crippen LogP contribution in [-0.2, 0) is 17.4 Å². The zero-order valence-electron chi connectivity index (χ0n) is 11.5. The average Bonchev–Trinajstić information content (AvgIpc) is 2.46. The molecule has 7 heteroatoms. The van der Waals surface area contributed by atoms with Crippen molar-refractivity contribution in [2.75, 3.05) is 19.6 Å². The lowest BCUT2D eigenvalue weighted by Gasteiger charge is -2.22. The maximum absolute atomic E-state index is 12.4. The van der Waals surface area contributed by atoms with Crippen LogP contribution in [0.4, 0.5) is 13.2 Å². The van der Waals surface area contributed by atoms with E-state index in [1.165, 1.54) is 6.07 Å². The van der Waals surface area contributed by atoms with Crippen molar-refractivity contribution >= 4 is 5.91 Å². The van der Waals surface area contributed by atoms with E-state index in [2.05, 4.69) is 15.6 Å². The molecule has 0 aromatic carbocycles. The lowest BCUT2D eigenvalue weighted by atomic mass is 9.98. The number of halogens is 3. The quantitative estimate of drug-likeness (QED) is 0.891. The van der Waals surface area contributed by atoms with Gasteiger partial charge < -0.3 is 10.6 Å². The summed E-state index contributed by atoms with van der Waals surface area (Å²) in [6, 6.07) is 2.19. The first-order valence-corrected chi connectivity index (χ1v) is 6.94. The standard InChI is InChI=1S/C14H18F3N3O/c15-14(16,17)12-2-1-11(9-19-12)7-13(21)20-8-10-3-5-18-6-4-10/h1-2,9-10,18H,3-8H2,(H,20,21). The van der Waals surface area contributed by atoms with Crippen LogP contribution < -0.4 is 10.6 Å². The molecule has 0 bridgehead atoms. The van der Waals surface area contributed by atoms with Crippen LogP contribution in [0.25, 0.3) is 0 Å². The predicted molar refractivity (Wildman–Crippen MR) is 71.5 cm³/mol. The SMILES string of the molecule is O=C(Cc1ccc(C(F)(F)F)nc1)NCC1CCNCC1. The molecule has 0 atom stereocenters. The van der Waals surface area contributed by atoms with Gasteiger partial charge in [0.1, 0.15) is 5.69 Å². The molecule has 0 unspecified atom stereocenters. The molecule has 21 heavy (non-hydrogen) atoms. The Labute approximate surface area is 121 Å². The van der Waals surface area contributed by atoms with Gasteiger partial charge in [-0.2, -0.15) is 13.2 Å². The van der Waals surface area contributed by atoms with Gasteiger partial charge in [0, 0.05) is 12.7 Å². The van der Waals surface area contributed by atoms with Crippen molar-refractivity contribution in [1.82, 2.24) is 15.6 Å². The number of nitrogens with zero attached hydrogens (tertiary/aromatic N) is 1. The van der Waals surface area contributed by atoms with Gasteiger partial charge >= 0.3 is 6.18 Å². The molecule has 1 amide bonds. The normalized spacial score (nSPS) is 16.7. The molecule has 1 aromatic rings. The third-order valence-electron chi connectivity index (χ3n) is 3.53. The van der Waals surface area contributed by atoms with E-state index in [4.69, 9.17) is 0 Å². The van der Waals surface area contributed by atoms with E-state index in [0.29, 0.717) is 18.0 Å². The smallest absolute Gasteiger partial charge is 0.356 e. The number of amides is 1. The zero-order valence-corrected chi connectivity index (χ0v) is 11.5. The predicted octanol–water partition coefficient (Wildman–Crippen LogP) is 1.76. The Bertz CT molecular complexity index is 467. The molecule has 1 fully saturated rings. The van der Waals surface area contributed by atoms with Gasteiger partial charge in [-0.25, -0.2) is 0 Å². The van der Waals surface area contributed by atoms with Crippen molar-refractivity contribution in [1.29, 1.82) is 0 Å². The van der Waals surface area contributed by atoms with Crippen molar-refractivity contribution in [3.05, 3.63) is 29.6 Å². The zero-order chi connectivity index (χ0) is 15.3. The minimum Gasteiger partial charge on any atom is -0.356 e. The Hall–Kier alpha value is -1.63. The van der Waals surface area contributed by atoms with Gasteiger partial charge in [-0.1, -0.05) is 6.07 Å². The maximum atomic E-state index is 12.4. The molecular formula is C14H18F3N3O. The lowest BCUT2D eigenvalue weighted by molar-refractivity contribution is -0.141. The monoisotopic (exact) mass is 301 g/mol. The van der Waals surface area contributed by atoms with Gasteiger partial charge in [-0.3, -0.25) is 9.78 Å². The number of nitrogens with one attached hydrogen (secondary N) is 2. The third kappa shape index (κ3) is 5.00. The number of carbonyl (C=O) groups is 1. The first-order chi connectivity index (χ1) is 9.95. The van der Waals surface area contributed by atoms with Gasteiger partial charge in [0.05, 0.1) is 6.42 Å². The summed E-state index contributed by atoms with van der Waals surface area (Å²) >= 11 is 0. The van der Waals surface area contributed by atoms with E-state index in [1.54, 1.807) is 0 Å². The lowest BCUT2D eigenvalue weighted by Crippen LogP contribution is -2.36. The summed E-state index contributed by atoms with van der Waals surface area (Å²) in [7, 11) is 0. The molecule has 1 saturated heterocycles. The second kappa shape index (κ2) is 6.89. The number of aromatic nitrogens is 1. The van der Waals surface area contributed by atoms with Crippen LogP contribution in [0, 0.1) is 5.92 Å². The molecule has 1 aliphatic heterocycles. The highest BCUT2D eigenvalue weighted by atomic mass is 19.4. The van der Waals surface area contributed by atoms with Crippen molar-refractivity contribution in [2.45, 2.75) is 25.4 Å². The van der Waals surface area contributed by atoms with E-state index in [1.807, 2.05) is 0 Å². The fraction of sp³-hybridized carbons (Fsp3) is 0.571. The van der Waals surface area contributed by atoms with Gasteiger partial charge in [-0.15, -0.1) is 0 Å². The van der Waals surface area contributed by atoms with Crippen LogP contribution in [-0.4, -0.2) is 30.5 Å². The number of alkyl halides is 3. The number of rotatable bonds is 4. The average molecular weight is 301 g/mol. The Morgan fingerprint density at radius 3 is 2.62 bits per heavy atom. The number of hydrogen-bond donors (Lipinski definition) is 2. The number of pyridine rings is 1. The van der Waals surface area contributed by atoms with Crippen LogP contribution in [0.1, 0.15) is 24.1 Å². The van der Waals surface area contributed by atoms with Crippen molar-refractivity contribution in [3.63, 3.8) is 0 Å². The Morgan fingerprint density at radius 1 is 1.33 bits per heavy atom. The third-order valence-corrected chi connectivity index (χ3v) is 3.53. The summed E-state index contributed by atoms with van der Waals surface area (Å²) in [5, 5.41) is 6.08. The van der Waals surface area contributed by atoms with Crippen molar-refractivity contribution in [2.24, 2.45) is 5.92 Å². The van der Waals surface area contributed by atoms with Crippen LogP contribution in [0.5, 0.6) is 0 Å². The molecule has 116 valence electrons. The Balaban J connectivity index is 1.79. The fourth-order valence-electron chi connectivity index (χ4n) is 2.29. The van der Waals surface area contributed by atoms with E-state index in [0.717, 1.165) is 38.2 Å². The van der Waals surface area contributed by atoms with Crippen LogP contribution >= 0.6 is 0 Å². The first-order valence-electron chi connectivity index (χ1n) is 6.94. The minimum absolute atomic E-state index is 0.0517. The van der Waals surface area contributed by atoms with Crippen LogP contribution in [0.15, 0.2) is 18.3 Å². The molecule has 1 aliphatic rings. The summed E-state index contributed by atoms with van der Waals surface area (Å²) in [5.74, 6) is 0.288. The molecule has 2 N–H and O–H groups in total. The number of carbonyl (C=O) groups excluding carboxylic acids is 1. The summed E-state index contributed by atoms with van der Waals surface area (Å²) in [4.78, 5) is 15.1. The highest BCUT2D eigenvalue weighted by Gasteiger charge is 2.32. The summed E-state index contributed by atoms with van der Waals surface area (Å²) in [6.07, 6.45) is -1.23. The largest absolute Gasteiger partial charge is 0.433 e. The molecule has 2 heterocycles. The molecule has 4 nitrogen and oxygen atoms in total. The number of piperidine rings is 1. The molecule has 1 aromatic heterocycles. The molecular weight excluding hydrogens is 283 g/mol. The van der Waals surface area contributed by atoms with Gasteiger partial charge in [0.25, 0.3) is 0 Å². The molecule has 0 spiro atoms. The van der Waals surface area contributed by atoms with Gasteiger partial charge in [0.2, 0.25) is 5.91 Å². The van der Waals surface area contributed by atoms with Crippen LogP contribution in [0.2, 0.25) is 0 Å². The fourth-order valence-corrected chi connectivity index (χ4v) is 2.29. The second-order valence-electron chi connectivity index (χ2n) is 5.22. The molecule has 0 aliphatic carbocycles. The summed E-state index contributed by atoms with van der Waals surface area (Å²) in [6.45, 7) is 2.54. The van der Waals surface area contributed by atoms with Crippen molar-refractivity contribution < 1.29 is 18.0 Å².